The van der Waals surface area contributed by atoms with Crippen molar-refractivity contribution in [1.29, 1.82) is 0 Å². The molecule has 9 aromatic rings. The zero-order valence-electron chi connectivity index (χ0n) is 33.2. The fourth-order valence-corrected chi connectivity index (χ4v) is 9.51. The number of fused-ring (bicyclic) bond motifs is 12. The van der Waals surface area contributed by atoms with E-state index in [9.17, 15) is 0 Å². The molecule has 55 heavy (non-hydrogen) atoms. The van der Waals surface area contributed by atoms with Crippen LogP contribution in [0.5, 0.6) is 0 Å². The number of hydrogen-bond acceptors (Lipinski definition) is 3. The second-order valence-electron chi connectivity index (χ2n) is 19.0. The predicted molar refractivity (Wildman–Crippen MR) is 233 cm³/mol. The number of benzene rings is 6. The van der Waals surface area contributed by atoms with E-state index >= 15 is 0 Å². The molecule has 2 aliphatic rings. The topological polar surface area (TPSA) is 34.5 Å². The minimum absolute atomic E-state index is 0.0159. The van der Waals surface area contributed by atoms with Crippen LogP contribution in [0, 0.1) is 0 Å². The molecule has 0 saturated heterocycles. The van der Waals surface area contributed by atoms with Gasteiger partial charge in [-0.15, -0.1) is 0 Å². The van der Waals surface area contributed by atoms with Crippen LogP contribution in [-0.2, 0) is 16.2 Å². The van der Waals surface area contributed by atoms with Gasteiger partial charge in [-0.2, -0.15) is 0 Å². The summed E-state index contributed by atoms with van der Waals surface area (Å²) in [4.78, 5) is 2.56. The van der Waals surface area contributed by atoms with Crippen molar-refractivity contribution in [2.24, 2.45) is 0 Å². The molecule has 6 aromatic carbocycles. The molecule has 11 rings (SSSR count). The van der Waals surface area contributed by atoms with E-state index in [1.807, 2.05) is 0 Å². The Bertz CT molecular complexity index is 3120. The van der Waals surface area contributed by atoms with Gasteiger partial charge in [-0.25, -0.2) is 0 Å². The smallest absolute Gasteiger partial charge is 0.252 e. The van der Waals surface area contributed by atoms with Gasteiger partial charge in [-0.05, 0) is 97.9 Å². The number of nitrogens with zero attached hydrogens (tertiary/aromatic N) is 2. The number of para-hydroxylation sites is 2. The summed E-state index contributed by atoms with van der Waals surface area (Å²) in [5, 5.41) is 5.88. The lowest BCUT2D eigenvalue weighted by molar-refractivity contribution is 0.589. The van der Waals surface area contributed by atoms with Gasteiger partial charge in [0.25, 0.3) is 6.71 Å². The van der Waals surface area contributed by atoms with Gasteiger partial charge in [0.1, 0.15) is 16.7 Å². The van der Waals surface area contributed by atoms with Crippen molar-refractivity contribution < 1.29 is 8.83 Å². The standard InChI is InChI=1S/C50H45BN2O2/c1-48(2,3)28-21-22-34-37(25-28)52(36-17-14-20-42-44(36)32-16-11-12-18-40(32)54-42)38-26-30(50(7,8)9)27-39-45(38)51(34)35-24-29(49(4,5)6)23-33-43-31-15-10-13-19-41(31)55-47(43)53(39)46(33)35/h10-27H,1-9H3. The van der Waals surface area contributed by atoms with Crippen molar-refractivity contribution in [2.75, 3.05) is 4.90 Å². The van der Waals surface area contributed by atoms with Crippen molar-refractivity contribution >= 4 is 95.1 Å². The van der Waals surface area contributed by atoms with Crippen LogP contribution in [0.25, 0.3) is 60.6 Å². The van der Waals surface area contributed by atoms with E-state index in [1.165, 1.54) is 66.4 Å². The summed E-state index contributed by atoms with van der Waals surface area (Å²) in [6.07, 6.45) is 0. The third-order valence-corrected chi connectivity index (χ3v) is 12.4. The molecule has 0 saturated carbocycles. The SMILES string of the molecule is CC(C)(C)c1ccc2c(c1)N(c1cccc3oc4ccccc4c13)c1cc(C(C)(C)C)cc3c1B2c1cc(C(C)(C)C)cc2c4c5ccccc5oc4n-3c12. The van der Waals surface area contributed by atoms with Crippen LogP contribution in [0.2, 0.25) is 0 Å². The highest BCUT2D eigenvalue weighted by atomic mass is 16.3. The van der Waals surface area contributed by atoms with Gasteiger partial charge >= 0.3 is 0 Å². The molecule has 0 fully saturated rings. The summed E-state index contributed by atoms with van der Waals surface area (Å²) in [5.41, 5.74) is 17.3. The predicted octanol–water partition coefficient (Wildman–Crippen LogP) is 11.9. The number of aromatic nitrogens is 1. The van der Waals surface area contributed by atoms with Crippen LogP contribution in [-0.4, -0.2) is 11.3 Å². The average molecular weight is 717 g/mol. The summed E-state index contributed by atoms with van der Waals surface area (Å²) < 4.78 is 16.0. The summed E-state index contributed by atoms with van der Waals surface area (Å²) in [7, 11) is 0. The lowest BCUT2D eigenvalue weighted by atomic mass is 9.33. The normalized spacial score (nSPS) is 14.2. The summed E-state index contributed by atoms with van der Waals surface area (Å²) in [5.74, 6) is 0. The molecule has 3 aromatic heterocycles. The van der Waals surface area contributed by atoms with Crippen molar-refractivity contribution in [3.8, 4) is 5.69 Å². The monoisotopic (exact) mass is 716 g/mol. The van der Waals surface area contributed by atoms with Crippen molar-refractivity contribution in [3.05, 3.63) is 126 Å². The van der Waals surface area contributed by atoms with Gasteiger partial charge in [0, 0.05) is 33.2 Å². The maximum Gasteiger partial charge on any atom is 0.252 e. The van der Waals surface area contributed by atoms with Gasteiger partial charge in [-0.1, -0.05) is 123 Å². The molecule has 0 bridgehead atoms. The lowest BCUT2D eigenvalue weighted by Crippen LogP contribution is -2.60. The average Bonchev–Trinajstić information content (AvgIpc) is 3.81. The Labute approximate surface area is 322 Å². The van der Waals surface area contributed by atoms with Crippen molar-refractivity contribution in [2.45, 2.75) is 78.6 Å². The van der Waals surface area contributed by atoms with Crippen molar-refractivity contribution in [1.82, 2.24) is 4.57 Å². The minimum Gasteiger partial charge on any atom is -0.456 e. The first kappa shape index (κ1) is 32.7. The Morgan fingerprint density at radius 1 is 0.455 bits per heavy atom. The molecule has 270 valence electrons. The number of furan rings is 2. The van der Waals surface area contributed by atoms with Gasteiger partial charge in [0.05, 0.1) is 22.0 Å². The van der Waals surface area contributed by atoms with Crippen LogP contribution >= 0.6 is 0 Å². The third kappa shape index (κ3) is 4.41. The second-order valence-corrected chi connectivity index (χ2v) is 19.0. The van der Waals surface area contributed by atoms with E-state index < -0.39 is 0 Å². The first-order valence-electron chi connectivity index (χ1n) is 19.7. The van der Waals surface area contributed by atoms with Gasteiger partial charge in [-0.3, -0.25) is 4.57 Å². The maximum atomic E-state index is 6.95. The molecule has 5 heterocycles. The first-order chi connectivity index (χ1) is 26.2. The zero-order chi connectivity index (χ0) is 37.9. The molecule has 4 nitrogen and oxygen atoms in total. The number of rotatable bonds is 1. The number of hydrogen-bond donors (Lipinski definition) is 0. The Balaban J connectivity index is 1.36. The van der Waals surface area contributed by atoms with Crippen LogP contribution in [0.1, 0.15) is 79.0 Å². The Hall–Kier alpha value is -5.68. The molecule has 0 amide bonds. The molecule has 5 heteroatoms. The van der Waals surface area contributed by atoms with E-state index in [0.29, 0.717) is 0 Å². The highest BCUT2D eigenvalue weighted by Crippen LogP contribution is 2.49. The summed E-state index contributed by atoms with van der Waals surface area (Å²) in [6.45, 7) is 21.0. The molecule has 2 aliphatic heterocycles. The lowest BCUT2D eigenvalue weighted by Gasteiger charge is -2.42. The molecular formula is C50H45BN2O2. The molecule has 0 spiro atoms. The fourth-order valence-electron chi connectivity index (χ4n) is 9.51. The molecule has 0 aliphatic carbocycles. The molecule has 0 unspecified atom stereocenters. The second kappa shape index (κ2) is 10.5. The first-order valence-corrected chi connectivity index (χ1v) is 19.7. The van der Waals surface area contributed by atoms with E-state index in [-0.39, 0.29) is 23.0 Å². The summed E-state index contributed by atoms with van der Waals surface area (Å²) in [6, 6.07) is 40.7. The van der Waals surface area contributed by atoms with E-state index in [0.717, 1.165) is 44.3 Å². The molecule has 0 atom stereocenters. The van der Waals surface area contributed by atoms with E-state index in [4.69, 9.17) is 8.83 Å². The van der Waals surface area contributed by atoms with Gasteiger partial charge < -0.3 is 13.7 Å². The largest absolute Gasteiger partial charge is 0.456 e. The van der Waals surface area contributed by atoms with Crippen LogP contribution in [0.4, 0.5) is 17.1 Å². The maximum absolute atomic E-state index is 6.95. The Kier molecular flexibility index (Phi) is 6.27. The van der Waals surface area contributed by atoms with Crippen molar-refractivity contribution in [3.63, 3.8) is 0 Å². The highest BCUT2D eigenvalue weighted by Gasteiger charge is 2.45. The molecular weight excluding hydrogens is 671 g/mol. The van der Waals surface area contributed by atoms with E-state index in [1.54, 1.807) is 0 Å². The summed E-state index contributed by atoms with van der Waals surface area (Å²) >= 11 is 0. The zero-order valence-corrected chi connectivity index (χ0v) is 33.2. The van der Waals surface area contributed by atoms with Crippen LogP contribution in [0.15, 0.2) is 118 Å². The van der Waals surface area contributed by atoms with E-state index in [2.05, 4.69) is 181 Å². The fraction of sp³-hybridized carbons (Fsp3) is 0.240. The molecule has 0 N–H and O–H groups in total. The minimum atomic E-state index is -0.121. The van der Waals surface area contributed by atoms with Crippen LogP contribution < -0.4 is 21.3 Å². The molecule has 0 radical (unpaired) electrons. The van der Waals surface area contributed by atoms with Gasteiger partial charge in [0.2, 0.25) is 5.71 Å². The number of anilines is 3. The quantitative estimate of drug-likeness (QED) is 0.159. The Morgan fingerprint density at radius 2 is 1.05 bits per heavy atom. The third-order valence-electron chi connectivity index (χ3n) is 12.4. The highest BCUT2D eigenvalue weighted by molar-refractivity contribution is 7.00. The van der Waals surface area contributed by atoms with Crippen LogP contribution in [0.3, 0.4) is 0 Å². The van der Waals surface area contributed by atoms with Gasteiger partial charge in [0.15, 0.2) is 0 Å². The Morgan fingerprint density at radius 3 is 1.76 bits per heavy atom.